The maximum Gasteiger partial charge on any atom is 0.329 e. The third-order valence-electron chi connectivity index (χ3n) is 18.6. The van der Waals surface area contributed by atoms with Crippen LogP contribution in [0.1, 0.15) is 163 Å². The lowest BCUT2D eigenvalue weighted by Gasteiger charge is -2.33. The van der Waals surface area contributed by atoms with Gasteiger partial charge in [0, 0.05) is 43.4 Å². The van der Waals surface area contributed by atoms with E-state index in [0.29, 0.717) is 34.2 Å². The Morgan fingerprint density at radius 1 is 0.591 bits per heavy atom. The summed E-state index contributed by atoms with van der Waals surface area (Å²) in [6.45, 7) is 5.78. The fourth-order valence-electron chi connectivity index (χ4n) is 11.9. The van der Waals surface area contributed by atoms with E-state index in [2.05, 4.69) is 65.1 Å². The van der Waals surface area contributed by atoms with Crippen LogP contribution in [0.4, 0.5) is 0 Å². The van der Waals surface area contributed by atoms with Crippen LogP contribution in [0.3, 0.4) is 0 Å². The normalized spacial score (nSPS) is 21.9. The van der Waals surface area contributed by atoms with Crippen LogP contribution in [-0.2, 0) is 107 Å². The van der Waals surface area contributed by atoms with Gasteiger partial charge in [0.05, 0.1) is 38.8 Å². The molecule has 43 heteroatoms. The predicted molar refractivity (Wildman–Crippen MR) is 402 cm³/mol. The Kier molecular flexibility index (Phi) is 41.3. The van der Waals surface area contributed by atoms with Gasteiger partial charge in [0.2, 0.25) is 88.6 Å². The number of hydrogen-bond acceptors (Lipinski definition) is 23. The monoisotopic (exact) mass is 1630 g/mol. The minimum Gasteiger partial charge on any atom is -0.481 e. The lowest BCUT2D eigenvalue weighted by atomic mass is 9.94. The quantitative estimate of drug-likeness (QED) is 0.0222. The molecule has 1 aliphatic heterocycles. The fraction of sp³-hybridized carbons (Fsp3) is 0.611. The van der Waals surface area contributed by atoms with Crippen molar-refractivity contribution in [2.24, 2.45) is 29.0 Å². The maximum atomic E-state index is 15.0. The molecule has 0 spiro atoms. The molecule has 3 rings (SSSR count). The number of likely N-dealkylation sites (N-methyl/N-ethyl adjacent to an activating group) is 1. The summed E-state index contributed by atoms with van der Waals surface area (Å²) < 4.78 is 5.77. The molecule has 43 nitrogen and oxygen atoms in total. The number of benzene rings is 1. The third kappa shape index (κ3) is 33.7. The van der Waals surface area contributed by atoms with E-state index in [-0.39, 0.29) is 45.1 Å². The molecular weight excluding hydrogens is 1520 g/mol. The van der Waals surface area contributed by atoms with Crippen LogP contribution in [0.2, 0.25) is 0 Å². The summed E-state index contributed by atoms with van der Waals surface area (Å²) in [5.74, 6) is -30.5. The molecule has 2 heterocycles. The second-order valence-electron chi connectivity index (χ2n) is 28.1. The minimum atomic E-state index is -2.80. The molecule has 15 atom stereocenters. The number of carbonyl (C=O) groups is 20. The molecule has 24 N–H and O–H groups in total. The summed E-state index contributed by atoms with van der Waals surface area (Å²) in [6.07, 6.45) is -3.72. The molecule has 0 aliphatic carbocycles. The van der Waals surface area contributed by atoms with Gasteiger partial charge in [-0.15, -0.1) is 0 Å². The van der Waals surface area contributed by atoms with Gasteiger partial charge in [0.1, 0.15) is 72.6 Å². The number of fused-ring (bicyclic) bond motifs is 1. The molecule has 115 heavy (non-hydrogen) atoms. The zero-order valence-electron chi connectivity index (χ0n) is 65.1. The van der Waals surface area contributed by atoms with E-state index in [1.54, 1.807) is 30.5 Å². The Labute approximate surface area is 660 Å². The smallest absolute Gasteiger partial charge is 0.329 e. The van der Waals surface area contributed by atoms with Gasteiger partial charge in [-0.05, 0) is 76.0 Å². The molecular formula is C72H109N17O26. The number of nitrogens with two attached hydrogens (primary N) is 3. The molecule has 2 aromatic rings. The van der Waals surface area contributed by atoms with Crippen molar-refractivity contribution in [2.75, 3.05) is 26.7 Å². The Morgan fingerprint density at radius 2 is 1.17 bits per heavy atom. The average molecular weight is 1630 g/mol. The van der Waals surface area contributed by atoms with Gasteiger partial charge in [0.25, 0.3) is 0 Å². The summed E-state index contributed by atoms with van der Waals surface area (Å²) >= 11 is 0. The highest BCUT2D eigenvalue weighted by atomic mass is 16.5. The maximum absolute atomic E-state index is 15.0. The van der Waals surface area contributed by atoms with Crippen molar-refractivity contribution in [1.29, 1.82) is 0 Å². The Morgan fingerprint density at radius 3 is 1.77 bits per heavy atom. The lowest BCUT2D eigenvalue weighted by Crippen LogP contribution is -2.64. The van der Waals surface area contributed by atoms with Crippen LogP contribution in [0.25, 0.3) is 10.9 Å². The van der Waals surface area contributed by atoms with Gasteiger partial charge >= 0.3 is 29.8 Å². The molecule has 1 aromatic carbocycles. The number of aliphatic hydroxyl groups is 1. The first-order valence-corrected chi connectivity index (χ1v) is 37.6. The Balaban J connectivity index is 2.28. The number of aliphatic hydroxyl groups excluding tert-OH is 1. The number of esters is 1. The number of hydrogen-bond donors (Lipinski definition) is 21. The predicted octanol–water partition coefficient (Wildman–Crippen LogP) is -5.45. The molecule has 0 bridgehead atoms. The molecule has 15 amide bonds. The molecule has 1 saturated heterocycles. The number of nitrogens with zero attached hydrogens (tertiary/aromatic N) is 1. The lowest BCUT2D eigenvalue weighted by molar-refractivity contribution is -0.159. The topological polar surface area (TPSA) is 693 Å². The summed E-state index contributed by atoms with van der Waals surface area (Å²) in [5.41, 5.74) is 17.8. The van der Waals surface area contributed by atoms with Crippen LogP contribution in [-0.4, -0.2) is 259 Å². The van der Waals surface area contributed by atoms with Gasteiger partial charge in [0.15, 0.2) is 6.10 Å². The van der Waals surface area contributed by atoms with Crippen LogP contribution in [0.15, 0.2) is 30.5 Å². The standard InChI is InChI=1S/C72H109N17O26/c1-8-10-11-12-13-14-15-23-49(91)79-44(28-39-32-76-41-21-17-16-20-40(39)41)66(108)82-43(24-25-52(94)95)65(107)88-59(60(102)61(75)103)70(112)87-58-38(6)115-72(114)57(35(3)9-2)86-69(111)56(36(4)27-53(96)97)85-68(110)45(29-48(74)90)80-50(92)33-77-63(105)46(30-54(98)99)84-64(106)42(22-18-19-26-73)81-67(109)47(31-55(100)101)83-62(104)37(5)78-51(93)34-89(7)71(58)113/h16-17,20-21,32,35-38,42-47,56-60,76,102H,8-15,18-19,22-31,33-34,73H2,1-7H3,(H2,74,90)(H2,75,103)(H,77,105)(H,78,93)(H,79,91)(H,80,92)(H,81,109)(H,82,108)(H,83,104)(H,84,106)(H,85,110)(H,86,111)(H,87,112)(H,88,107)(H,94,95)(H,96,97)(H,98,99)(H,100,101). The van der Waals surface area contributed by atoms with Crippen molar-refractivity contribution in [2.45, 2.75) is 242 Å². The van der Waals surface area contributed by atoms with E-state index in [9.17, 15) is 121 Å². The van der Waals surface area contributed by atoms with Gasteiger partial charge in [-0.25, -0.2) is 4.79 Å². The number of aromatic nitrogens is 1. The molecule has 0 saturated carbocycles. The number of unbranched alkanes of at least 4 members (excludes halogenated alkanes) is 7. The first kappa shape index (κ1) is 97.3. The number of carboxylic acids is 4. The SMILES string of the molecule is CCCCCCCCCC(=O)NC(Cc1c[nH]c2ccccc12)C(=O)NC(CCC(=O)O)C(=O)NC(C(=O)NC1C(=O)N(C)CC(=O)NC(C)C(=O)NC(CC(=O)O)C(=O)NC(CCCCN)C(=O)NC(CC(=O)O)C(=O)NCC(=O)NC(CC(N)=O)C(=O)NC(C(C)CC(=O)O)C(=O)NC(C(C)CC)C(=O)OC1C)C(O)C(N)=O. The molecule has 638 valence electrons. The van der Waals surface area contributed by atoms with Gasteiger partial charge in [-0.1, -0.05) is 90.8 Å². The van der Waals surface area contributed by atoms with E-state index >= 15 is 0 Å². The molecule has 1 aliphatic rings. The molecule has 1 fully saturated rings. The number of cyclic esters (lactones) is 1. The number of primary amides is 2. The van der Waals surface area contributed by atoms with E-state index in [4.69, 9.17) is 21.9 Å². The summed E-state index contributed by atoms with van der Waals surface area (Å²) in [6, 6.07) is -15.3. The van der Waals surface area contributed by atoms with Crippen molar-refractivity contribution in [3.8, 4) is 0 Å². The number of amides is 15. The number of rotatable bonds is 37. The summed E-state index contributed by atoms with van der Waals surface area (Å²) in [4.78, 5) is 277. The third-order valence-corrected chi connectivity index (χ3v) is 18.6. The van der Waals surface area contributed by atoms with E-state index in [1.807, 2.05) is 10.6 Å². The number of carboxylic acid groups (broad SMARTS) is 4. The molecule has 15 unspecified atom stereocenters. The minimum absolute atomic E-state index is 0.0199. The van der Waals surface area contributed by atoms with E-state index < -0.39 is 261 Å². The number of aliphatic carboxylic acids is 4. The molecule has 1 aromatic heterocycles. The number of nitrogens with one attached hydrogen (secondary N) is 13. The number of para-hydroxylation sites is 1. The summed E-state index contributed by atoms with van der Waals surface area (Å²) in [7, 11) is 0.903. The first-order chi connectivity index (χ1) is 54.1. The number of H-pyrrole nitrogens is 1. The van der Waals surface area contributed by atoms with Crippen LogP contribution in [0, 0.1) is 11.8 Å². The van der Waals surface area contributed by atoms with Crippen LogP contribution in [0.5, 0.6) is 0 Å². The number of ether oxygens (including phenoxy) is 1. The van der Waals surface area contributed by atoms with Crippen molar-refractivity contribution < 1.29 is 126 Å². The number of carbonyl (C=O) groups excluding carboxylic acids is 16. The highest BCUT2D eigenvalue weighted by Crippen LogP contribution is 2.22. The highest BCUT2D eigenvalue weighted by Gasteiger charge is 2.43. The zero-order valence-corrected chi connectivity index (χ0v) is 65.1. The second kappa shape index (κ2) is 48.9. The van der Waals surface area contributed by atoms with Crippen LogP contribution < -0.4 is 81.0 Å². The van der Waals surface area contributed by atoms with Gasteiger partial charge in [-0.3, -0.25) is 91.1 Å². The number of aromatic amines is 1. The molecule has 0 radical (unpaired) electrons. The fourth-order valence-corrected chi connectivity index (χ4v) is 11.9. The Hall–Kier alpha value is -11.9. The van der Waals surface area contributed by atoms with Crippen LogP contribution >= 0.6 is 0 Å². The van der Waals surface area contributed by atoms with Gasteiger partial charge in [-0.2, -0.15) is 0 Å². The van der Waals surface area contributed by atoms with Gasteiger partial charge < -0.3 is 121 Å². The Bertz CT molecular complexity index is 3820. The largest absolute Gasteiger partial charge is 0.481 e. The average Bonchev–Trinajstić information content (AvgIpc) is 1.60. The van der Waals surface area contributed by atoms with E-state index in [0.717, 1.165) is 59.9 Å². The highest BCUT2D eigenvalue weighted by molar-refractivity contribution is 6.02. The first-order valence-electron chi connectivity index (χ1n) is 37.6. The van der Waals surface area contributed by atoms with Crippen molar-refractivity contribution in [3.63, 3.8) is 0 Å². The summed E-state index contributed by atoms with van der Waals surface area (Å²) in [5, 5.41) is 78.0. The zero-order chi connectivity index (χ0) is 86.5. The van der Waals surface area contributed by atoms with Crippen molar-refractivity contribution >= 4 is 129 Å². The van der Waals surface area contributed by atoms with Crippen molar-refractivity contribution in [3.05, 3.63) is 36.0 Å². The van der Waals surface area contributed by atoms with E-state index in [1.165, 1.54) is 13.8 Å². The second-order valence-corrected chi connectivity index (χ2v) is 28.1. The van der Waals surface area contributed by atoms with Crippen molar-refractivity contribution in [1.82, 2.24) is 73.7 Å².